The van der Waals surface area contributed by atoms with Crippen molar-refractivity contribution >= 4 is 40.8 Å². The van der Waals surface area contributed by atoms with Crippen molar-refractivity contribution in [2.75, 3.05) is 5.32 Å². The van der Waals surface area contributed by atoms with Gasteiger partial charge in [-0.15, -0.1) is 0 Å². The second-order valence-electron chi connectivity index (χ2n) is 5.38. The lowest BCUT2D eigenvalue weighted by Gasteiger charge is -2.14. The Balaban J connectivity index is 2.19. The average molecular weight is 386 g/mol. The number of hydrogen-bond donors (Lipinski definition) is 2. The summed E-state index contributed by atoms with van der Waals surface area (Å²) in [5.74, 6) is -1.83. The number of imide groups is 1. The zero-order valence-corrected chi connectivity index (χ0v) is 15.0. The van der Waals surface area contributed by atoms with E-state index in [0.717, 1.165) is 6.07 Å². The second kappa shape index (κ2) is 7.71. The van der Waals surface area contributed by atoms with Gasteiger partial charge in [0.2, 0.25) is 0 Å². The smallest absolute Gasteiger partial charge is 0.304 e. The predicted molar refractivity (Wildman–Crippen MR) is 91.6 cm³/mol. The lowest BCUT2D eigenvalue weighted by molar-refractivity contribution is 0.0966. The Labute approximate surface area is 153 Å². The number of anilines is 1. The highest BCUT2D eigenvalue weighted by atomic mass is 35.5. The summed E-state index contributed by atoms with van der Waals surface area (Å²) in [4.78, 5) is 35.8. The van der Waals surface area contributed by atoms with Gasteiger partial charge in [0.15, 0.2) is 11.0 Å². The van der Waals surface area contributed by atoms with Crippen molar-refractivity contribution in [2.45, 2.75) is 26.7 Å². The summed E-state index contributed by atoms with van der Waals surface area (Å²) in [5.41, 5.74) is 1.24. The molecule has 0 aromatic carbocycles. The lowest BCUT2D eigenvalue weighted by Crippen LogP contribution is -2.35. The number of carbonyl (C=O) groups excluding carboxylic acids is 2. The first-order valence-electron chi connectivity index (χ1n) is 7.16. The third-order valence-electron chi connectivity index (χ3n) is 3.21. The molecule has 0 aliphatic rings. The molecule has 0 saturated carbocycles. The second-order valence-corrected chi connectivity index (χ2v) is 6.10. The van der Waals surface area contributed by atoms with Crippen LogP contribution in [0, 0.1) is 12.7 Å². The van der Waals surface area contributed by atoms with Crippen molar-refractivity contribution in [1.29, 1.82) is 0 Å². The highest BCUT2D eigenvalue weighted by Gasteiger charge is 2.20. The number of amides is 3. The minimum absolute atomic E-state index is 0.0247. The molecule has 0 radical (unpaired) electrons. The van der Waals surface area contributed by atoms with Crippen LogP contribution in [0.3, 0.4) is 0 Å². The number of nitrogens with zero attached hydrogens (tertiary/aromatic N) is 3. The van der Waals surface area contributed by atoms with E-state index < -0.39 is 22.9 Å². The van der Waals surface area contributed by atoms with Crippen molar-refractivity contribution in [3.8, 4) is 0 Å². The summed E-state index contributed by atoms with van der Waals surface area (Å²) in [7, 11) is 0. The van der Waals surface area contributed by atoms with E-state index in [0.29, 0.717) is 17.1 Å². The zero-order chi connectivity index (χ0) is 18.7. The van der Waals surface area contributed by atoms with E-state index in [1.54, 1.807) is 6.92 Å². The van der Waals surface area contributed by atoms with Gasteiger partial charge in [-0.2, -0.15) is 0 Å². The maximum absolute atomic E-state index is 13.4. The largest absolute Gasteiger partial charge is 0.326 e. The van der Waals surface area contributed by atoms with Crippen molar-refractivity contribution in [2.24, 2.45) is 0 Å². The third kappa shape index (κ3) is 4.40. The van der Waals surface area contributed by atoms with Crippen LogP contribution in [0.1, 0.15) is 41.5 Å². The SMILES string of the molecule is Cc1ncnc(C(C)C)c1NC(=O)NC(=O)c1cc(F)c(Cl)nc1Cl. The molecule has 2 rings (SSSR count). The molecule has 0 aliphatic carbocycles. The molecule has 10 heteroatoms. The summed E-state index contributed by atoms with van der Waals surface area (Å²) in [6.45, 7) is 5.50. The molecule has 0 fully saturated rings. The van der Waals surface area contributed by atoms with E-state index in [-0.39, 0.29) is 16.6 Å². The Morgan fingerprint density at radius 1 is 1.20 bits per heavy atom. The topological polar surface area (TPSA) is 96.9 Å². The monoisotopic (exact) mass is 385 g/mol. The standard InChI is InChI=1S/C15H14Cl2FN5O2/c1-6(2)10-11(7(3)19-5-20-10)21-15(25)23-14(24)8-4-9(18)13(17)22-12(8)16/h4-6H,1-3H3,(H2,21,23,24,25). The highest BCUT2D eigenvalue weighted by Crippen LogP contribution is 2.24. The van der Waals surface area contributed by atoms with Crippen LogP contribution in [0.15, 0.2) is 12.4 Å². The number of aromatic nitrogens is 3. The van der Waals surface area contributed by atoms with E-state index >= 15 is 0 Å². The van der Waals surface area contributed by atoms with Crippen LogP contribution in [-0.2, 0) is 0 Å². The molecule has 0 atom stereocenters. The van der Waals surface area contributed by atoms with E-state index in [2.05, 4.69) is 20.3 Å². The Morgan fingerprint density at radius 2 is 1.88 bits per heavy atom. The number of urea groups is 1. The van der Waals surface area contributed by atoms with E-state index in [9.17, 15) is 14.0 Å². The number of carbonyl (C=O) groups is 2. The number of aryl methyl sites for hydroxylation is 1. The zero-order valence-electron chi connectivity index (χ0n) is 13.5. The van der Waals surface area contributed by atoms with Crippen LogP contribution in [0.25, 0.3) is 0 Å². The fraction of sp³-hybridized carbons (Fsp3) is 0.267. The first-order valence-corrected chi connectivity index (χ1v) is 7.91. The van der Waals surface area contributed by atoms with Gasteiger partial charge >= 0.3 is 6.03 Å². The molecule has 2 aromatic heterocycles. The van der Waals surface area contributed by atoms with Gasteiger partial charge < -0.3 is 5.32 Å². The number of nitrogens with one attached hydrogen (secondary N) is 2. The molecule has 0 aliphatic heterocycles. The summed E-state index contributed by atoms with van der Waals surface area (Å²) in [6.07, 6.45) is 1.39. The van der Waals surface area contributed by atoms with Gasteiger partial charge in [0.05, 0.1) is 22.6 Å². The van der Waals surface area contributed by atoms with Gasteiger partial charge in [-0.25, -0.2) is 24.1 Å². The lowest BCUT2D eigenvalue weighted by atomic mass is 10.1. The molecule has 3 amide bonds. The molecular formula is C15H14Cl2FN5O2. The van der Waals surface area contributed by atoms with E-state index in [1.165, 1.54) is 6.33 Å². The summed E-state index contributed by atoms with van der Waals surface area (Å²) < 4.78 is 13.4. The molecular weight excluding hydrogens is 372 g/mol. The molecule has 7 nitrogen and oxygen atoms in total. The van der Waals surface area contributed by atoms with Gasteiger partial charge in [-0.1, -0.05) is 37.0 Å². The van der Waals surface area contributed by atoms with Crippen LogP contribution >= 0.6 is 23.2 Å². The Bertz CT molecular complexity index is 845. The molecule has 2 heterocycles. The highest BCUT2D eigenvalue weighted by molar-refractivity contribution is 6.35. The molecule has 0 spiro atoms. The van der Waals surface area contributed by atoms with Crippen LogP contribution < -0.4 is 10.6 Å². The number of halogens is 3. The Kier molecular flexibility index (Phi) is 5.86. The number of hydrogen-bond acceptors (Lipinski definition) is 5. The molecule has 132 valence electrons. The maximum atomic E-state index is 13.4. The summed E-state index contributed by atoms with van der Waals surface area (Å²) in [5, 5.41) is 3.79. The molecule has 25 heavy (non-hydrogen) atoms. The molecule has 0 bridgehead atoms. The van der Waals surface area contributed by atoms with Crippen LogP contribution in [0.5, 0.6) is 0 Å². The molecule has 2 N–H and O–H groups in total. The normalized spacial score (nSPS) is 10.7. The van der Waals surface area contributed by atoms with Gasteiger partial charge in [-0.3, -0.25) is 10.1 Å². The average Bonchev–Trinajstić information content (AvgIpc) is 2.52. The van der Waals surface area contributed by atoms with E-state index in [1.807, 2.05) is 19.2 Å². The van der Waals surface area contributed by atoms with Gasteiger partial charge in [0.25, 0.3) is 5.91 Å². The molecule has 2 aromatic rings. The third-order valence-corrected chi connectivity index (χ3v) is 3.76. The summed E-state index contributed by atoms with van der Waals surface area (Å²) >= 11 is 11.2. The Hall–Kier alpha value is -2.32. The van der Waals surface area contributed by atoms with Crippen molar-refractivity contribution < 1.29 is 14.0 Å². The fourth-order valence-electron chi connectivity index (χ4n) is 2.00. The maximum Gasteiger partial charge on any atom is 0.326 e. The first-order chi connectivity index (χ1) is 11.7. The minimum Gasteiger partial charge on any atom is -0.304 e. The van der Waals surface area contributed by atoms with Crippen LogP contribution in [0.4, 0.5) is 14.9 Å². The van der Waals surface area contributed by atoms with Crippen LogP contribution in [0.2, 0.25) is 10.3 Å². The predicted octanol–water partition coefficient (Wildman–Crippen LogP) is 3.71. The number of pyridine rings is 1. The summed E-state index contributed by atoms with van der Waals surface area (Å²) in [6, 6.07) is -0.0345. The van der Waals surface area contributed by atoms with Crippen molar-refractivity contribution in [3.63, 3.8) is 0 Å². The number of rotatable bonds is 3. The minimum atomic E-state index is -0.925. The Morgan fingerprint density at radius 3 is 2.52 bits per heavy atom. The van der Waals surface area contributed by atoms with Gasteiger partial charge in [0, 0.05) is 0 Å². The van der Waals surface area contributed by atoms with Gasteiger partial charge in [0.1, 0.15) is 11.5 Å². The van der Waals surface area contributed by atoms with E-state index in [4.69, 9.17) is 23.2 Å². The van der Waals surface area contributed by atoms with Crippen LogP contribution in [-0.4, -0.2) is 26.9 Å². The van der Waals surface area contributed by atoms with Crippen molar-refractivity contribution in [1.82, 2.24) is 20.3 Å². The van der Waals surface area contributed by atoms with Crippen molar-refractivity contribution in [3.05, 3.63) is 45.5 Å². The quantitative estimate of drug-likeness (QED) is 0.784. The molecule has 0 saturated heterocycles. The van der Waals surface area contributed by atoms with Gasteiger partial charge in [-0.05, 0) is 18.9 Å². The molecule has 0 unspecified atom stereocenters. The first kappa shape index (κ1) is 19.0. The fourth-order valence-corrected chi connectivity index (χ4v) is 2.41.